The molecule has 1 aromatic rings. The van der Waals surface area contributed by atoms with Crippen LogP contribution in [0.1, 0.15) is 39.2 Å². The van der Waals surface area contributed by atoms with Crippen molar-refractivity contribution in [1.29, 1.82) is 0 Å². The fraction of sp³-hybridized carbons (Fsp3) is 0.615. The van der Waals surface area contributed by atoms with E-state index in [0.29, 0.717) is 56.0 Å². The summed E-state index contributed by atoms with van der Waals surface area (Å²) in [6.45, 7) is 12.9. The number of likely N-dealkylation sites (tertiary alicyclic amines) is 1. The molecule has 1 aromatic carbocycles. The highest BCUT2D eigenvalue weighted by Crippen LogP contribution is 2.35. The van der Waals surface area contributed by atoms with Crippen molar-refractivity contribution in [1.82, 2.24) is 14.7 Å². The average Bonchev–Trinajstić information content (AvgIpc) is 3.06. The Morgan fingerprint density at radius 2 is 1.64 bits per heavy atom. The van der Waals surface area contributed by atoms with Crippen molar-refractivity contribution in [3.05, 3.63) is 35.5 Å². The molecule has 3 aliphatic heterocycles. The fourth-order valence-electron chi connectivity index (χ4n) is 5.17. The van der Waals surface area contributed by atoms with E-state index in [1.54, 1.807) is 0 Å². The molecule has 2 fully saturated rings. The Morgan fingerprint density at radius 1 is 0.970 bits per heavy atom. The second kappa shape index (κ2) is 10.7. The van der Waals surface area contributed by atoms with E-state index in [4.69, 9.17) is 9.47 Å². The lowest BCUT2D eigenvalue weighted by Crippen LogP contribution is -2.45. The second-order valence-corrected chi connectivity index (χ2v) is 9.66. The number of hydrogen-bond donors (Lipinski definition) is 0. The summed E-state index contributed by atoms with van der Waals surface area (Å²) in [6, 6.07) is 7.61. The van der Waals surface area contributed by atoms with Gasteiger partial charge in [0.25, 0.3) is 11.8 Å². The van der Waals surface area contributed by atoms with Crippen LogP contribution in [-0.4, -0.2) is 85.6 Å². The van der Waals surface area contributed by atoms with Crippen LogP contribution in [0.3, 0.4) is 0 Å². The minimum Gasteiger partial charge on any atom is -0.494 e. The van der Waals surface area contributed by atoms with E-state index >= 15 is 0 Å². The number of piperidine rings is 1. The van der Waals surface area contributed by atoms with Crippen LogP contribution in [0.4, 0.5) is 0 Å². The smallest absolute Gasteiger partial charge is 0.277 e. The van der Waals surface area contributed by atoms with Crippen molar-refractivity contribution >= 4 is 17.4 Å². The molecule has 2 saturated heterocycles. The van der Waals surface area contributed by atoms with E-state index in [2.05, 4.69) is 30.6 Å². The van der Waals surface area contributed by atoms with Crippen molar-refractivity contribution in [3.8, 4) is 5.75 Å². The quantitative estimate of drug-likeness (QED) is 0.562. The molecule has 0 bridgehead atoms. The summed E-state index contributed by atoms with van der Waals surface area (Å²) in [5.74, 6) is 1.41. The third-order valence-corrected chi connectivity index (χ3v) is 6.69. The van der Waals surface area contributed by atoms with E-state index in [0.717, 1.165) is 50.3 Å². The molecule has 0 saturated carbocycles. The maximum Gasteiger partial charge on any atom is 0.277 e. The van der Waals surface area contributed by atoms with Crippen molar-refractivity contribution in [2.45, 2.75) is 33.6 Å². The van der Waals surface area contributed by atoms with E-state index in [9.17, 15) is 9.59 Å². The first-order valence-electron chi connectivity index (χ1n) is 12.4. The van der Waals surface area contributed by atoms with Crippen LogP contribution in [0.15, 0.2) is 30.0 Å². The van der Waals surface area contributed by atoms with E-state index in [1.165, 1.54) is 4.90 Å². The number of carbonyl (C=O) groups is 2. The van der Waals surface area contributed by atoms with Gasteiger partial charge in [0, 0.05) is 39.3 Å². The molecule has 3 heterocycles. The van der Waals surface area contributed by atoms with Crippen LogP contribution in [0.25, 0.3) is 5.57 Å². The molecule has 2 amide bonds. The van der Waals surface area contributed by atoms with Crippen molar-refractivity contribution < 1.29 is 19.1 Å². The summed E-state index contributed by atoms with van der Waals surface area (Å²) in [7, 11) is 0. The third-order valence-electron chi connectivity index (χ3n) is 6.69. The molecule has 33 heavy (non-hydrogen) atoms. The lowest BCUT2D eigenvalue weighted by molar-refractivity contribution is -0.138. The molecule has 7 heteroatoms. The molecule has 0 aliphatic carbocycles. The van der Waals surface area contributed by atoms with Gasteiger partial charge in [-0.15, -0.1) is 0 Å². The first kappa shape index (κ1) is 23.8. The number of morpholine rings is 1. The van der Waals surface area contributed by atoms with Gasteiger partial charge in [-0.1, -0.05) is 32.9 Å². The minimum absolute atomic E-state index is 0.157. The van der Waals surface area contributed by atoms with Crippen molar-refractivity contribution in [2.75, 3.05) is 59.1 Å². The Morgan fingerprint density at radius 3 is 2.27 bits per heavy atom. The number of nitrogens with zero attached hydrogens (tertiary/aromatic N) is 3. The second-order valence-electron chi connectivity index (χ2n) is 9.66. The van der Waals surface area contributed by atoms with E-state index in [-0.39, 0.29) is 11.8 Å². The highest BCUT2D eigenvalue weighted by Gasteiger charge is 2.42. The van der Waals surface area contributed by atoms with Gasteiger partial charge in [0.2, 0.25) is 0 Å². The van der Waals surface area contributed by atoms with Gasteiger partial charge in [-0.25, -0.2) is 0 Å². The highest BCUT2D eigenvalue weighted by atomic mass is 16.5. The standard InChI is InChI=1S/C26H37N3O4/c1-4-13-33-22-7-5-21(6-8-22)23-24(28-17-19(2)16-20(3)18-28)26(31)29(25(23)30)10-9-27-11-14-32-15-12-27/h5-8,19-20H,4,9-18H2,1-3H3. The summed E-state index contributed by atoms with van der Waals surface area (Å²) in [6.07, 6.45) is 2.08. The third kappa shape index (κ3) is 5.41. The van der Waals surface area contributed by atoms with E-state index in [1.807, 2.05) is 24.3 Å². The number of benzene rings is 1. The lowest BCUT2D eigenvalue weighted by atomic mass is 9.91. The van der Waals surface area contributed by atoms with Crippen molar-refractivity contribution in [3.63, 3.8) is 0 Å². The number of amides is 2. The fourth-order valence-corrected chi connectivity index (χ4v) is 5.17. The molecule has 2 atom stereocenters. The zero-order valence-electron chi connectivity index (χ0n) is 20.2. The van der Waals surface area contributed by atoms with Crippen LogP contribution < -0.4 is 4.74 Å². The normalized spacial score (nSPS) is 24.7. The molecular weight excluding hydrogens is 418 g/mol. The minimum atomic E-state index is -0.184. The Labute approximate surface area is 197 Å². The highest BCUT2D eigenvalue weighted by molar-refractivity contribution is 6.35. The van der Waals surface area contributed by atoms with Gasteiger partial charge in [0.15, 0.2) is 0 Å². The largest absolute Gasteiger partial charge is 0.494 e. The molecule has 0 N–H and O–H groups in total. The number of hydrogen-bond acceptors (Lipinski definition) is 6. The van der Waals surface area contributed by atoms with Gasteiger partial charge in [0.05, 0.1) is 25.4 Å². The maximum absolute atomic E-state index is 13.6. The molecule has 7 nitrogen and oxygen atoms in total. The molecule has 0 aromatic heterocycles. The number of rotatable bonds is 8. The summed E-state index contributed by atoms with van der Waals surface area (Å²) >= 11 is 0. The first-order chi connectivity index (χ1) is 16.0. The van der Waals surface area contributed by atoms with Crippen LogP contribution in [-0.2, 0) is 14.3 Å². The number of ether oxygens (including phenoxy) is 2. The Bertz CT molecular complexity index is 866. The Balaban J connectivity index is 1.61. The predicted octanol–water partition coefficient (Wildman–Crippen LogP) is 2.87. The van der Waals surface area contributed by atoms with Gasteiger partial charge in [-0.3, -0.25) is 19.4 Å². The van der Waals surface area contributed by atoms with Gasteiger partial charge in [0.1, 0.15) is 11.4 Å². The van der Waals surface area contributed by atoms with Crippen LogP contribution >= 0.6 is 0 Å². The molecule has 180 valence electrons. The Kier molecular flexibility index (Phi) is 7.71. The topological polar surface area (TPSA) is 62.3 Å². The molecule has 0 radical (unpaired) electrons. The maximum atomic E-state index is 13.6. The zero-order chi connectivity index (χ0) is 23.4. The monoisotopic (exact) mass is 455 g/mol. The molecule has 2 unspecified atom stereocenters. The lowest BCUT2D eigenvalue weighted by Gasteiger charge is -2.37. The zero-order valence-corrected chi connectivity index (χ0v) is 20.2. The molecular formula is C26H37N3O4. The summed E-state index contributed by atoms with van der Waals surface area (Å²) in [4.78, 5) is 33.1. The van der Waals surface area contributed by atoms with Crippen LogP contribution in [0, 0.1) is 11.8 Å². The summed E-state index contributed by atoms with van der Waals surface area (Å²) < 4.78 is 11.1. The van der Waals surface area contributed by atoms with E-state index < -0.39 is 0 Å². The number of carbonyl (C=O) groups excluding carboxylic acids is 2. The average molecular weight is 456 g/mol. The Hall–Kier alpha value is -2.38. The molecule has 4 rings (SSSR count). The predicted molar refractivity (Wildman–Crippen MR) is 128 cm³/mol. The SMILES string of the molecule is CCCOc1ccc(C2=C(N3CC(C)CC(C)C3)C(=O)N(CCN3CCOCC3)C2=O)cc1. The number of imide groups is 1. The van der Waals surface area contributed by atoms with Gasteiger partial charge < -0.3 is 14.4 Å². The first-order valence-corrected chi connectivity index (χ1v) is 12.4. The molecule has 3 aliphatic rings. The van der Waals surface area contributed by atoms with Crippen LogP contribution in [0.5, 0.6) is 5.75 Å². The van der Waals surface area contributed by atoms with Crippen LogP contribution in [0.2, 0.25) is 0 Å². The van der Waals surface area contributed by atoms with Gasteiger partial charge >= 0.3 is 0 Å². The van der Waals surface area contributed by atoms with Crippen molar-refractivity contribution in [2.24, 2.45) is 11.8 Å². The van der Waals surface area contributed by atoms with Gasteiger partial charge in [-0.2, -0.15) is 0 Å². The van der Waals surface area contributed by atoms with Gasteiger partial charge in [-0.05, 0) is 42.4 Å². The summed E-state index contributed by atoms with van der Waals surface area (Å²) in [5, 5.41) is 0. The summed E-state index contributed by atoms with van der Waals surface area (Å²) in [5.41, 5.74) is 1.89. The molecule has 0 spiro atoms.